The van der Waals surface area contributed by atoms with E-state index in [-0.39, 0.29) is 11.8 Å². The minimum absolute atomic E-state index is 0.217. The second kappa shape index (κ2) is 5.89. The van der Waals surface area contributed by atoms with E-state index in [4.69, 9.17) is 5.11 Å². The molecule has 1 fully saturated rings. The minimum Gasteiger partial charge on any atom is -0.480 e. The number of aliphatic carboxylic acids is 1. The van der Waals surface area contributed by atoms with Gasteiger partial charge < -0.3 is 15.7 Å². The third kappa shape index (κ3) is 3.75. The van der Waals surface area contributed by atoms with Crippen LogP contribution in [0.25, 0.3) is 0 Å². The number of nitrogens with one attached hydrogen (secondary N) is 2. The molecule has 1 unspecified atom stereocenters. The van der Waals surface area contributed by atoms with Gasteiger partial charge in [-0.05, 0) is 30.6 Å². The molecular weight excluding hydrogens is 232 g/mol. The van der Waals surface area contributed by atoms with Crippen molar-refractivity contribution in [1.82, 2.24) is 10.6 Å². The van der Waals surface area contributed by atoms with Crippen LogP contribution in [0.1, 0.15) is 33.1 Å². The van der Waals surface area contributed by atoms with Crippen molar-refractivity contribution in [2.45, 2.75) is 39.2 Å². The highest BCUT2D eigenvalue weighted by molar-refractivity contribution is 5.82. The zero-order valence-corrected chi connectivity index (χ0v) is 11.0. The Hall–Kier alpha value is -1.52. The molecule has 1 atom stereocenters. The minimum atomic E-state index is -1.05. The van der Waals surface area contributed by atoms with E-state index in [0.29, 0.717) is 12.5 Å². The lowest BCUT2D eigenvalue weighted by Gasteiger charge is -2.21. The lowest BCUT2D eigenvalue weighted by Crippen LogP contribution is -2.47. The quantitative estimate of drug-likeness (QED) is 0.606. The monoisotopic (exact) mass is 254 g/mol. The molecule has 5 heteroatoms. The molecule has 1 aliphatic rings. The maximum Gasteiger partial charge on any atom is 0.326 e. The zero-order chi connectivity index (χ0) is 13.8. The van der Waals surface area contributed by atoms with Crippen molar-refractivity contribution in [1.29, 1.82) is 0 Å². The van der Waals surface area contributed by atoms with Crippen LogP contribution in [0.15, 0.2) is 12.7 Å². The van der Waals surface area contributed by atoms with Gasteiger partial charge in [-0.25, -0.2) is 9.59 Å². The molecule has 0 aromatic carbocycles. The number of carbonyl (C=O) groups excluding carboxylic acids is 1. The first-order valence-corrected chi connectivity index (χ1v) is 6.29. The maximum atomic E-state index is 11.6. The number of hydrogen-bond acceptors (Lipinski definition) is 2. The van der Waals surface area contributed by atoms with Gasteiger partial charge in [0.25, 0.3) is 0 Å². The van der Waals surface area contributed by atoms with E-state index < -0.39 is 18.0 Å². The Morgan fingerprint density at radius 3 is 2.44 bits per heavy atom. The number of carboxylic acids is 1. The molecule has 18 heavy (non-hydrogen) atoms. The van der Waals surface area contributed by atoms with Crippen molar-refractivity contribution >= 4 is 12.0 Å². The lowest BCUT2D eigenvalue weighted by molar-refractivity contribution is -0.139. The summed E-state index contributed by atoms with van der Waals surface area (Å²) in [6.07, 6.45) is 3.95. The number of carboxylic acid groups (broad SMARTS) is 1. The normalized spacial score (nSPS) is 17.9. The number of urea groups is 1. The third-order valence-corrected chi connectivity index (χ3v) is 3.72. The molecule has 0 heterocycles. The highest BCUT2D eigenvalue weighted by Gasteiger charge is 2.45. The molecule has 0 bridgehead atoms. The Labute approximate surface area is 108 Å². The molecule has 1 aliphatic carbocycles. The lowest BCUT2D eigenvalue weighted by atomic mass is 9.92. The van der Waals surface area contributed by atoms with E-state index >= 15 is 0 Å². The summed E-state index contributed by atoms with van der Waals surface area (Å²) in [4.78, 5) is 22.5. The van der Waals surface area contributed by atoms with Gasteiger partial charge in [0.15, 0.2) is 0 Å². The Kier molecular flexibility index (Phi) is 4.76. The fourth-order valence-corrected chi connectivity index (χ4v) is 1.97. The van der Waals surface area contributed by atoms with Crippen LogP contribution in [0.2, 0.25) is 0 Å². The van der Waals surface area contributed by atoms with Gasteiger partial charge in [-0.1, -0.05) is 19.9 Å². The van der Waals surface area contributed by atoms with Crippen LogP contribution in [-0.4, -0.2) is 29.7 Å². The van der Waals surface area contributed by atoms with E-state index in [0.717, 1.165) is 12.8 Å². The summed E-state index contributed by atoms with van der Waals surface area (Å²) in [5, 5.41) is 14.1. The maximum absolute atomic E-state index is 11.6. The van der Waals surface area contributed by atoms with Gasteiger partial charge in [-0.3, -0.25) is 0 Å². The topological polar surface area (TPSA) is 78.4 Å². The molecule has 0 aromatic rings. The van der Waals surface area contributed by atoms with Crippen LogP contribution in [0, 0.1) is 11.3 Å². The summed E-state index contributed by atoms with van der Waals surface area (Å²) in [6, 6.07) is -1.33. The molecule has 0 aliphatic heterocycles. The summed E-state index contributed by atoms with van der Waals surface area (Å²) in [6.45, 7) is 8.37. The molecule has 5 nitrogen and oxygen atoms in total. The molecular formula is C13H22N2O3. The van der Waals surface area contributed by atoms with E-state index in [9.17, 15) is 9.59 Å². The second-order valence-electron chi connectivity index (χ2n) is 5.26. The summed E-state index contributed by atoms with van der Waals surface area (Å²) in [5.41, 5.74) is 0.217. The molecule has 0 saturated heterocycles. The first kappa shape index (κ1) is 14.5. The largest absolute Gasteiger partial charge is 0.480 e. The predicted octanol–water partition coefficient (Wildman–Crippen LogP) is 1.75. The Bertz CT molecular complexity index is 335. The second-order valence-corrected chi connectivity index (χ2v) is 5.26. The van der Waals surface area contributed by atoms with Gasteiger partial charge in [0, 0.05) is 6.54 Å². The van der Waals surface area contributed by atoms with E-state index in [2.05, 4.69) is 31.1 Å². The van der Waals surface area contributed by atoms with Crippen LogP contribution in [0.3, 0.4) is 0 Å². The van der Waals surface area contributed by atoms with Crippen LogP contribution in [-0.2, 0) is 4.79 Å². The van der Waals surface area contributed by atoms with Gasteiger partial charge in [-0.15, -0.1) is 6.58 Å². The summed E-state index contributed by atoms with van der Waals surface area (Å²) < 4.78 is 0. The van der Waals surface area contributed by atoms with Crippen molar-refractivity contribution < 1.29 is 14.7 Å². The van der Waals surface area contributed by atoms with E-state index in [1.54, 1.807) is 0 Å². The highest BCUT2D eigenvalue weighted by atomic mass is 16.4. The summed E-state index contributed by atoms with van der Waals surface area (Å²) in [5.74, 6) is -0.517. The average Bonchev–Trinajstić information content (AvgIpc) is 3.06. The van der Waals surface area contributed by atoms with Gasteiger partial charge in [-0.2, -0.15) is 0 Å². The van der Waals surface area contributed by atoms with Crippen LogP contribution in [0.4, 0.5) is 4.79 Å². The number of rotatable bonds is 7. The smallest absolute Gasteiger partial charge is 0.326 e. The standard InChI is InChI=1S/C13H22N2O3/c1-4-5-10(11(16)17)15-12(18)14-8-13(6-7-13)9(2)3/h4,9-10H,1,5-8H2,2-3H3,(H,16,17)(H2,14,15,18). The SMILES string of the molecule is C=CCC(NC(=O)NCC1(C(C)C)CC1)C(=O)O. The summed E-state index contributed by atoms with van der Waals surface area (Å²) >= 11 is 0. The van der Waals surface area contributed by atoms with E-state index in [1.165, 1.54) is 6.08 Å². The molecule has 1 rings (SSSR count). The summed E-state index contributed by atoms with van der Waals surface area (Å²) in [7, 11) is 0. The third-order valence-electron chi connectivity index (χ3n) is 3.72. The fourth-order valence-electron chi connectivity index (χ4n) is 1.97. The molecule has 0 radical (unpaired) electrons. The number of carbonyl (C=O) groups is 2. The molecule has 3 N–H and O–H groups in total. The van der Waals surface area contributed by atoms with Crippen molar-refractivity contribution in [3.05, 3.63) is 12.7 Å². The molecule has 0 aromatic heterocycles. The Morgan fingerprint density at radius 2 is 2.06 bits per heavy atom. The van der Waals surface area contributed by atoms with Crippen molar-refractivity contribution in [2.24, 2.45) is 11.3 Å². The van der Waals surface area contributed by atoms with Crippen molar-refractivity contribution in [3.8, 4) is 0 Å². The molecule has 2 amide bonds. The van der Waals surface area contributed by atoms with Gasteiger partial charge in [0.05, 0.1) is 0 Å². The van der Waals surface area contributed by atoms with Gasteiger partial charge >= 0.3 is 12.0 Å². The molecule has 102 valence electrons. The predicted molar refractivity (Wildman–Crippen MR) is 69.3 cm³/mol. The first-order valence-electron chi connectivity index (χ1n) is 6.29. The Balaban J connectivity index is 2.37. The van der Waals surface area contributed by atoms with Gasteiger partial charge in [0.1, 0.15) is 6.04 Å². The van der Waals surface area contributed by atoms with Crippen molar-refractivity contribution in [2.75, 3.05) is 6.54 Å². The van der Waals surface area contributed by atoms with Gasteiger partial charge in [0.2, 0.25) is 0 Å². The van der Waals surface area contributed by atoms with Crippen LogP contribution < -0.4 is 10.6 Å². The Morgan fingerprint density at radius 1 is 1.44 bits per heavy atom. The average molecular weight is 254 g/mol. The van der Waals surface area contributed by atoms with Crippen LogP contribution >= 0.6 is 0 Å². The highest BCUT2D eigenvalue weighted by Crippen LogP contribution is 2.51. The number of hydrogen-bond donors (Lipinski definition) is 3. The van der Waals surface area contributed by atoms with E-state index in [1.807, 2.05) is 0 Å². The fraction of sp³-hybridized carbons (Fsp3) is 0.692. The zero-order valence-electron chi connectivity index (χ0n) is 11.0. The molecule has 1 saturated carbocycles. The van der Waals surface area contributed by atoms with Crippen LogP contribution in [0.5, 0.6) is 0 Å². The van der Waals surface area contributed by atoms with Crippen molar-refractivity contribution in [3.63, 3.8) is 0 Å². The number of amides is 2. The molecule has 0 spiro atoms. The first-order chi connectivity index (χ1) is 8.41.